The number of aliphatic hydroxyl groups excluding tert-OH is 3. The normalized spacial score (nSPS) is 12.7. The lowest BCUT2D eigenvalue weighted by Gasteiger charge is -2.23. The minimum absolute atomic E-state index is 0.00461. The van der Waals surface area contributed by atoms with Gasteiger partial charge in [0, 0.05) is 19.6 Å². The molecule has 0 spiro atoms. The Balaban J connectivity index is 2.43. The van der Waals surface area contributed by atoms with E-state index in [1.54, 1.807) is 4.90 Å². The molecule has 0 amide bonds. The summed E-state index contributed by atoms with van der Waals surface area (Å²) in [5.74, 6) is 0.769. The maximum Gasteiger partial charge on any atom is 0.122 e. The zero-order valence-corrected chi connectivity index (χ0v) is 12.2. The Hall–Kier alpha value is -1.14. The largest absolute Gasteiger partial charge is 0.491 e. The number of nitrogens with zero attached hydrogens (tertiary/aromatic N) is 1. The summed E-state index contributed by atoms with van der Waals surface area (Å²) in [4.78, 5) is 1.80. The fourth-order valence-electron chi connectivity index (χ4n) is 2.08. The number of hydrogen-bond donors (Lipinski definition) is 3. The van der Waals surface area contributed by atoms with Crippen LogP contribution in [0.4, 0.5) is 0 Å². The maximum absolute atomic E-state index is 9.95. The van der Waals surface area contributed by atoms with Gasteiger partial charge in [0.1, 0.15) is 18.5 Å². The summed E-state index contributed by atoms with van der Waals surface area (Å²) in [7, 11) is 0. The van der Waals surface area contributed by atoms with E-state index >= 15 is 0 Å². The summed E-state index contributed by atoms with van der Waals surface area (Å²) in [5, 5.41) is 27.8. The lowest BCUT2D eigenvalue weighted by molar-refractivity contribution is 0.0550. The molecule has 0 aliphatic rings. The predicted octanol–water partition coefficient (Wildman–Crippen LogP) is 0.330. The molecule has 1 atom stereocenters. The average Bonchev–Trinajstić information content (AvgIpc) is 2.38. The molecule has 0 heterocycles. The smallest absolute Gasteiger partial charge is 0.122 e. The molecule has 0 aliphatic heterocycles. The minimum atomic E-state index is -0.659. The topological polar surface area (TPSA) is 73.2 Å². The SMILES string of the molecule is Cc1ccc(OC[C@@H](O)CN(CCO)CCO)c(C)c1. The molecule has 5 nitrogen and oxygen atoms in total. The van der Waals surface area contributed by atoms with Gasteiger partial charge in [0.15, 0.2) is 0 Å². The first kappa shape index (κ1) is 16.9. The third-order valence-electron chi connectivity index (χ3n) is 3.06. The molecular weight excluding hydrogens is 258 g/mol. The number of hydrogen-bond acceptors (Lipinski definition) is 5. The van der Waals surface area contributed by atoms with Crippen molar-refractivity contribution in [1.82, 2.24) is 4.90 Å². The van der Waals surface area contributed by atoms with E-state index < -0.39 is 6.10 Å². The molecule has 0 saturated carbocycles. The zero-order chi connectivity index (χ0) is 15.0. The Morgan fingerprint density at radius 2 is 1.80 bits per heavy atom. The molecule has 1 rings (SSSR count). The highest BCUT2D eigenvalue weighted by Gasteiger charge is 2.12. The highest BCUT2D eigenvalue weighted by atomic mass is 16.5. The van der Waals surface area contributed by atoms with Crippen LogP contribution in [0, 0.1) is 13.8 Å². The van der Waals surface area contributed by atoms with E-state index in [9.17, 15) is 5.11 Å². The number of benzene rings is 1. The van der Waals surface area contributed by atoms with Crippen LogP contribution in [0.25, 0.3) is 0 Å². The van der Waals surface area contributed by atoms with Gasteiger partial charge in [0.2, 0.25) is 0 Å². The van der Waals surface area contributed by atoms with Crippen molar-refractivity contribution in [3.05, 3.63) is 29.3 Å². The summed E-state index contributed by atoms with van der Waals surface area (Å²) >= 11 is 0. The monoisotopic (exact) mass is 283 g/mol. The standard InChI is InChI=1S/C15H25NO4/c1-12-3-4-15(13(2)9-12)20-11-14(19)10-16(5-7-17)6-8-18/h3-4,9,14,17-19H,5-8,10-11H2,1-2H3/t14-/m0/s1. The van der Waals surface area contributed by atoms with E-state index in [0.29, 0.717) is 19.6 Å². The molecule has 0 aromatic heterocycles. The molecule has 3 N–H and O–H groups in total. The quantitative estimate of drug-likeness (QED) is 0.609. The Bertz CT molecular complexity index is 391. The predicted molar refractivity (Wildman–Crippen MR) is 78.0 cm³/mol. The van der Waals surface area contributed by atoms with Gasteiger partial charge in [-0.3, -0.25) is 4.90 Å². The number of aryl methyl sites for hydroxylation is 2. The molecule has 5 heteroatoms. The van der Waals surface area contributed by atoms with Gasteiger partial charge < -0.3 is 20.1 Å². The van der Waals surface area contributed by atoms with Crippen LogP contribution in [0.3, 0.4) is 0 Å². The molecule has 0 radical (unpaired) electrons. The minimum Gasteiger partial charge on any atom is -0.491 e. The van der Waals surface area contributed by atoms with E-state index in [1.165, 1.54) is 5.56 Å². The molecule has 114 valence electrons. The van der Waals surface area contributed by atoms with Crippen molar-refractivity contribution in [3.8, 4) is 5.75 Å². The molecular formula is C15H25NO4. The van der Waals surface area contributed by atoms with Gasteiger partial charge >= 0.3 is 0 Å². The second-order valence-electron chi connectivity index (χ2n) is 4.98. The van der Waals surface area contributed by atoms with E-state index in [4.69, 9.17) is 14.9 Å². The van der Waals surface area contributed by atoms with E-state index in [2.05, 4.69) is 0 Å². The van der Waals surface area contributed by atoms with Crippen molar-refractivity contribution >= 4 is 0 Å². The van der Waals surface area contributed by atoms with Crippen LogP contribution in [0.15, 0.2) is 18.2 Å². The van der Waals surface area contributed by atoms with Gasteiger partial charge in [-0.05, 0) is 25.5 Å². The summed E-state index contributed by atoms with van der Waals surface area (Å²) in [5.41, 5.74) is 2.22. The fraction of sp³-hybridized carbons (Fsp3) is 0.600. The Kier molecular flexibility index (Phi) is 7.54. The van der Waals surface area contributed by atoms with Crippen molar-refractivity contribution in [2.75, 3.05) is 39.5 Å². The number of rotatable bonds is 9. The van der Waals surface area contributed by atoms with Crippen LogP contribution in [-0.2, 0) is 0 Å². The summed E-state index contributed by atoms with van der Waals surface area (Å²) < 4.78 is 5.61. The van der Waals surface area contributed by atoms with Crippen molar-refractivity contribution in [2.24, 2.45) is 0 Å². The van der Waals surface area contributed by atoms with Crippen molar-refractivity contribution in [2.45, 2.75) is 20.0 Å². The highest BCUT2D eigenvalue weighted by Crippen LogP contribution is 2.18. The summed E-state index contributed by atoms with van der Waals surface area (Å²) in [6.45, 7) is 5.42. The maximum atomic E-state index is 9.95. The lowest BCUT2D eigenvalue weighted by Crippen LogP contribution is -2.38. The molecule has 20 heavy (non-hydrogen) atoms. The first-order valence-electron chi connectivity index (χ1n) is 6.89. The third kappa shape index (κ3) is 5.88. The van der Waals surface area contributed by atoms with Gasteiger partial charge in [0.05, 0.1) is 13.2 Å². The third-order valence-corrected chi connectivity index (χ3v) is 3.06. The Labute approximate surface area is 120 Å². The molecule has 0 fully saturated rings. The van der Waals surface area contributed by atoms with Gasteiger partial charge in [0.25, 0.3) is 0 Å². The van der Waals surface area contributed by atoms with Crippen LogP contribution in [0.2, 0.25) is 0 Å². The highest BCUT2D eigenvalue weighted by molar-refractivity contribution is 5.35. The molecule has 0 saturated heterocycles. The fourth-order valence-corrected chi connectivity index (χ4v) is 2.08. The van der Waals surface area contributed by atoms with Gasteiger partial charge in [-0.1, -0.05) is 17.7 Å². The molecule has 0 bridgehead atoms. The first-order valence-corrected chi connectivity index (χ1v) is 6.89. The van der Waals surface area contributed by atoms with Crippen LogP contribution < -0.4 is 4.74 Å². The van der Waals surface area contributed by atoms with E-state index in [0.717, 1.165) is 11.3 Å². The average molecular weight is 283 g/mol. The van der Waals surface area contributed by atoms with Crippen molar-refractivity contribution in [1.29, 1.82) is 0 Å². The molecule has 1 aromatic rings. The van der Waals surface area contributed by atoms with Crippen LogP contribution in [-0.4, -0.2) is 65.8 Å². The second kappa shape index (κ2) is 8.92. The van der Waals surface area contributed by atoms with Crippen LogP contribution in [0.5, 0.6) is 5.75 Å². The van der Waals surface area contributed by atoms with E-state index in [1.807, 2.05) is 32.0 Å². The van der Waals surface area contributed by atoms with Gasteiger partial charge in [-0.15, -0.1) is 0 Å². The zero-order valence-electron chi connectivity index (χ0n) is 12.2. The lowest BCUT2D eigenvalue weighted by atomic mass is 10.1. The van der Waals surface area contributed by atoms with Crippen LogP contribution in [0.1, 0.15) is 11.1 Å². The van der Waals surface area contributed by atoms with Crippen molar-refractivity contribution < 1.29 is 20.1 Å². The Morgan fingerprint density at radius 1 is 1.15 bits per heavy atom. The summed E-state index contributed by atoms with van der Waals surface area (Å²) in [6.07, 6.45) is -0.659. The molecule has 0 unspecified atom stereocenters. The Morgan fingerprint density at radius 3 is 2.35 bits per heavy atom. The second-order valence-corrected chi connectivity index (χ2v) is 4.98. The van der Waals surface area contributed by atoms with Crippen LogP contribution >= 0.6 is 0 Å². The molecule has 0 aliphatic carbocycles. The number of aliphatic hydroxyl groups is 3. The van der Waals surface area contributed by atoms with Gasteiger partial charge in [-0.2, -0.15) is 0 Å². The van der Waals surface area contributed by atoms with E-state index in [-0.39, 0.29) is 19.8 Å². The van der Waals surface area contributed by atoms with Crippen molar-refractivity contribution in [3.63, 3.8) is 0 Å². The molecule has 1 aromatic carbocycles. The number of ether oxygens (including phenoxy) is 1. The first-order chi connectivity index (χ1) is 9.56. The van der Waals surface area contributed by atoms with Gasteiger partial charge in [-0.25, -0.2) is 0 Å². The summed E-state index contributed by atoms with van der Waals surface area (Å²) in [6, 6.07) is 5.90.